The Labute approximate surface area is 140 Å². The summed E-state index contributed by atoms with van der Waals surface area (Å²) in [7, 11) is 0. The monoisotopic (exact) mass is 347 g/mol. The van der Waals surface area contributed by atoms with Gasteiger partial charge >= 0.3 is 6.18 Å². The first-order chi connectivity index (χ1) is 11.9. The first-order valence-electron chi connectivity index (χ1n) is 7.15. The van der Waals surface area contributed by atoms with Crippen LogP contribution in [0.2, 0.25) is 0 Å². The smallest absolute Gasteiger partial charge is 0.306 e. The number of alkyl halides is 3. The highest BCUT2D eigenvalue weighted by Gasteiger charge is 2.29. The van der Waals surface area contributed by atoms with Crippen molar-refractivity contribution >= 4 is 22.9 Å². The standard InChI is InChI=1S/C16H12F3N5O/c1-2-14(25)23-13-8-20-15-12(22-13)7-21-24(15)9-10-3-5-11(6-4-10)16(17,18)19/h2-8H,1,9H2,(H,22,23,25). The fraction of sp³-hybridized carbons (Fsp3) is 0.125. The van der Waals surface area contributed by atoms with Gasteiger partial charge in [-0.15, -0.1) is 0 Å². The number of fused-ring (bicyclic) bond motifs is 1. The SMILES string of the molecule is C=CC(=O)Nc1cnc2c(cnn2Cc2ccc(C(F)(F)F)cc2)n1. The Kier molecular flexibility index (Phi) is 4.22. The van der Waals surface area contributed by atoms with Gasteiger partial charge in [0.25, 0.3) is 0 Å². The highest BCUT2D eigenvalue weighted by Crippen LogP contribution is 2.29. The van der Waals surface area contributed by atoms with Gasteiger partial charge in [-0.2, -0.15) is 18.3 Å². The summed E-state index contributed by atoms with van der Waals surface area (Å²) < 4.78 is 39.3. The Morgan fingerprint density at radius 3 is 2.60 bits per heavy atom. The van der Waals surface area contributed by atoms with E-state index < -0.39 is 17.6 Å². The molecule has 1 N–H and O–H groups in total. The zero-order valence-electron chi connectivity index (χ0n) is 12.8. The van der Waals surface area contributed by atoms with Gasteiger partial charge < -0.3 is 5.32 Å². The summed E-state index contributed by atoms with van der Waals surface area (Å²) in [4.78, 5) is 19.7. The van der Waals surface area contributed by atoms with Crippen LogP contribution in [0.25, 0.3) is 11.2 Å². The number of hydrogen-bond donors (Lipinski definition) is 1. The summed E-state index contributed by atoms with van der Waals surface area (Å²) in [5, 5.41) is 6.63. The minimum absolute atomic E-state index is 0.245. The van der Waals surface area contributed by atoms with Gasteiger partial charge in [-0.05, 0) is 23.8 Å². The van der Waals surface area contributed by atoms with Crippen LogP contribution >= 0.6 is 0 Å². The third kappa shape index (κ3) is 3.65. The van der Waals surface area contributed by atoms with E-state index in [0.29, 0.717) is 16.7 Å². The first kappa shape index (κ1) is 16.6. The summed E-state index contributed by atoms with van der Waals surface area (Å²) >= 11 is 0. The van der Waals surface area contributed by atoms with Crippen molar-refractivity contribution in [3.63, 3.8) is 0 Å². The molecule has 0 bridgehead atoms. The third-order valence-corrected chi connectivity index (χ3v) is 3.39. The highest BCUT2D eigenvalue weighted by atomic mass is 19.4. The van der Waals surface area contributed by atoms with Gasteiger partial charge in [0.05, 0.1) is 24.5 Å². The van der Waals surface area contributed by atoms with Crippen molar-refractivity contribution in [2.45, 2.75) is 12.7 Å². The van der Waals surface area contributed by atoms with Crippen LogP contribution in [0.1, 0.15) is 11.1 Å². The van der Waals surface area contributed by atoms with Crippen molar-refractivity contribution in [1.82, 2.24) is 19.7 Å². The zero-order valence-corrected chi connectivity index (χ0v) is 12.8. The number of halogens is 3. The molecule has 128 valence electrons. The molecule has 3 aromatic rings. The van der Waals surface area contributed by atoms with Crippen molar-refractivity contribution in [1.29, 1.82) is 0 Å². The van der Waals surface area contributed by atoms with E-state index in [1.165, 1.54) is 29.2 Å². The van der Waals surface area contributed by atoms with Gasteiger partial charge in [0.1, 0.15) is 5.52 Å². The van der Waals surface area contributed by atoms with Gasteiger partial charge in [-0.1, -0.05) is 18.7 Å². The number of benzene rings is 1. The predicted molar refractivity (Wildman–Crippen MR) is 84.7 cm³/mol. The second kappa shape index (κ2) is 6.34. The molecule has 0 radical (unpaired) electrons. The Bertz CT molecular complexity index is 931. The fourth-order valence-electron chi connectivity index (χ4n) is 2.19. The second-order valence-electron chi connectivity index (χ2n) is 5.15. The maximum atomic E-state index is 12.6. The van der Waals surface area contributed by atoms with Gasteiger partial charge in [0.2, 0.25) is 5.91 Å². The van der Waals surface area contributed by atoms with Crippen molar-refractivity contribution < 1.29 is 18.0 Å². The van der Waals surface area contributed by atoms with Crippen LogP contribution < -0.4 is 5.32 Å². The van der Waals surface area contributed by atoms with Crippen molar-refractivity contribution in [2.75, 3.05) is 5.32 Å². The zero-order chi connectivity index (χ0) is 18.0. The molecule has 0 atom stereocenters. The number of anilines is 1. The third-order valence-electron chi connectivity index (χ3n) is 3.39. The van der Waals surface area contributed by atoms with Crippen LogP contribution in [-0.2, 0) is 17.5 Å². The van der Waals surface area contributed by atoms with E-state index in [4.69, 9.17) is 0 Å². The topological polar surface area (TPSA) is 72.7 Å². The molecular weight excluding hydrogens is 335 g/mol. The molecule has 0 aliphatic carbocycles. The van der Waals surface area contributed by atoms with Crippen LogP contribution in [0.5, 0.6) is 0 Å². The molecule has 1 aromatic carbocycles. The van der Waals surface area contributed by atoms with Gasteiger partial charge in [0.15, 0.2) is 11.5 Å². The van der Waals surface area contributed by atoms with E-state index in [1.54, 1.807) is 0 Å². The summed E-state index contributed by atoms with van der Waals surface area (Å²) in [6.45, 7) is 3.59. The molecule has 0 unspecified atom stereocenters. The van der Waals surface area contributed by atoms with Crippen molar-refractivity contribution in [2.24, 2.45) is 0 Å². The summed E-state index contributed by atoms with van der Waals surface area (Å²) in [5.41, 5.74) is 0.845. The lowest BCUT2D eigenvalue weighted by atomic mass is 10.1. The quantitative estimate of drug-likeness (QED) is 0.737. The molecule has 0 spiro atoms. The second-order valence-corrected chi connectivity index (χ2v) is 5.15. The number of nitrogens with one attached hydrogen (secondary N) is 1. The lowest BCUT2D eigenvalue weighted by molar-refractivity contribution is -0.137. The minimum atomic E-state index is -4.37. The number of rotatable bonds is 4. The number of nitrogens with zero attached hydrogens (tertiary/aromatic N) is 4. The van der Waals surface area contributed by atoms with E-state index in [-0.39, 0.29) is 12.4 Å². The Morgan fingerprint density at radius 2 is 1.96 bits per heavy atom. The molecule has 9 heteroatoms. The minimum Gasteiger partial charge on any atom is -0.306 e. The van der Waals surface area contributed by atoms with Crippen LogP contribution in [-0.4, -0.2) is 25.7 Å². The molecule has 2 aromatic heterocycles. The number of carbonyl (C=O) groups is 1. The molecule has 6 nitrogen and oxygen atoms in total. The van der Waals surface area contributed by atoms with Crippen LogP contribution in [0, 0.1) is 0 Å². The normalized spacial score (nSPS) is 11.5. The fourth-order valence-corrected chi connectivity index (χ4v) is 2.19. The number of aromatic nitrogens is 4. The maximum Gasteiger partial charge on any atom is 0.416 e. The summed E-state index contributed by atoms with van der Waals surface area (Å²) in [6.07, 6.45) is -0.417. The molecular formula is C16H12F3N5O. The number of amides is 1. The molecule has 0 saturated heterocycles. The van der Waals surface area contributed by atoms with Crippen molar-refractivity contribution in [3.05, 3.63) is 60.4 Å². The summed E-state index contributed by atoms with van der Waals surface area (Å²) in [6, 6.07) is 4.83. The van der Waals surface area contributed by atoms with Gasteiger partial charge in [0, 0.05) is 0 Å². The lowest BCUT2D eigenvalue weighted by Gasteiger charge is -2.08. The van der Waals surface area contributed by atoms with Crippen LogP contribution in [0.4, 0.5) is 19.0 Å². The van der Waals surface area contributed by atoms with E-state index in [0.717, 1.165) is 18.2 Å². The van der Waals surface area contributed by atoms with Gasteiger partial charge in [-0.25, -0.2) is 14.6 Å². The largest absolute Gasteiger partial charge is 0.416 e. The highest BCUT2D eigenvalue weighted by molar-refractivity contribution is 5.98. The van der Waals surface area contributed by atoms with Crippen LogP contribution in [0.3, 0.4) is 0 Å². The Hall–Kier alpha value is -3.23. The molecule has 0 aliphatic rings. The Balaban J connectivity index is 1.82. The number of hydrogen-bond acceptors (Lipinski definition) is 4. The van der Waals surface area contributed by atoms with E-state index in [1.807, 2.05) is 0 Å². The molecule has 2 heterocycles. The number of carbonyl (C=O) groups excluding carboxylic acids is 1. The van der Waals surface area contributed by atoms with Crippen molar-refractivity contribution in [3.8, 4) is 0 Å². The summed E-state index contributed by atoms with van der Waals surface area (Å²) in [5.74, 6) is -0.155. The van der Waals surface area contributed by atoms with Crippen LogP contribution in [0.15, 0.2) is 49.3 Å². The molecule has 3 rings (SSSR count). The molecule has 0 aliphatic heterocycles. The van der Waals surface area contributed by atoms with E-state index >= 15 is 0 Å². The van der Waals surface area contributed by atoms with E-state index in [9.17, 15) is 18.0 Å². The Morgan fingerprint density at radius 1 is 1.24 bits per heavy atom. The lowest BCUT2D eigenvalue weighted by Crippen LogP contribution is -2.09. The van der Waals surface area contributed by atoms with E-state index in [2.05, 4.69) is 27.0 Å². The predicted octanol–water partition coefficient (Wildman–Crippen LogP) is 3.02. The average molecular weight is 347 g/mol. The average Bonchev–Trinajstić information content (AvgIpc) is 2.96. The maximum absolute atomic E-state index is 12.6. The first-order valence-corrected chi connectivity index (χ1v) is 7.15. The molecule has 0 fully saturated rings. The molecule has 1 amide bonds. The van der Waals surface area contributed by atoms with Gasteiger partial charge in [-0.3, -0.25) is 4.79 Å². The molecule has 0 saturated carbocycles. The molecule has 25 heavy (non-hydrogen) atoms.